The molecule has 86 valence electrons. The maximum atomic E-state index is 11.9. The number of pyridine rings is 1. The first-order valence-electron chi connectivity index (χ1n) is 5.22. The van der Waals surface area contributed by atoms with Crippen molar-refractivity contribution in [3.63, 3.8) is 0 Å². The number of rotatable bonds is 2. The zero-order valence-corrected chi connectivity index (χ0v) is 9.70. The molecule has 1 fully saturated rings. The van der Waals surface area contributed by atoms with Gasteiger partial charge in [-0.1, -0.05) is 17.7 Å². The van der Waals surface area contributed by atoms with Crippen LogP contribution in [0.5, 0.6) is 0 Å². The summed E-state index contributed by atoms with van der Waals surface area (Å²) in [6.07, 6.45) is 0.729. The van der Waals surface area contributed by atoms with Crippen LogP contribution in [0.4, 0.5) is 5.82 Å². The molecule has 1 aromatic rings. The second kappa shape index (κ2) is 4.80. The van der Waals surface area contributed by atoms with Gasteiger partial charge in [-0.2, -0.15) is 0 Å². The number of aromatic nitrogens is 1. The fourth-order valence-corrected chi connectivity index (χ4v) is 1.94. The van der Waals surface area contributed by atoms with Crippen LogP contribution in [0.3, 0.4) is 0 Å². The van der Waals surface area contributed by atoms with Crippen LogP contribution in [0.25, 0.3) is 0 Å². The van der Waals surface area contributed by atoms with Gasteiger partial charge in [-0.05, 0) is 25.5 Å². The Bertz CT molecular complexity index is 397. The Kier molecular flexibility index (Phi) is 3.41. The monoisotopic (exact) mass is 240 g/mol. The number of ether oxygens (including phenoxy) is 1. The summed E-state index contributed by atoms with van der Waals surface area (Å²) in [4.78, 5) is 15.9. The largest absolute Gasteiger partial charge is 0.378 e. The summed E-state index contributed by atoms with van der Waals surface area (Å²) in [6, 6.07) is 5.13. The predicted octanol–water partition coefficient (Wildman–Crippen LogP) is 2.10. The van der Waals surface area contributed by atoms with E-state index in [1.54, 1.807) is 18.2 Å². The minimum Gasteiger partial charge on any atom is -0.378 e. The molecule has 4 nitrogen and oxygen atoms in total. The van der Waals surface area contributed by atoms with Gasteiger partial charge in [0.1, 0.15) is 11.0 Å². The van der Waals surface area contributed by atoms with E-state index in [1.807, 2.05) is 6.92 Å². The molecule has 0 aromatic carbocycles. The number of carbonyl (C=O) groups is 1. The van der Waals surface area contributed by atoms with Crippen LogP contribution in [0.15, 0.2) is 18.2 Å². The molecule has 0 bridgehead atoms. The van der Waals surface area contributed by atoms with E-state index in [0.717, 1.165) is 6.42 Å². The van der Waals surface area contributed by atoms with Crippen molar-refractivity contribution in [1.29, 1.82) is 0 Å². The van der Waals surface area contributed by atoms with Gasteiger partial charge in [0, 0.05) is 6.61 Å². The number of hydrogen-bond donors (Lipinski definition) is 1. The number of carbonyl (C=O) groups excluding carboxylic acids is 1. The Balaban J connectivity index is 2.02. The van der Waals surface area contributed by atoms with Crippen LogP contribution in [-0.4, -0.2) is 23.6 Å². The molecule has 16 heavy (non-hydrogen) atoms. The van der Waals surface area contributed by atoms with E-state index in [4.69, 9.17) is 16.3 Å². The summed E-state index contributed by atoms with van der Waals surface area (Å²) in [6.45, 7) is 2.55. The highest BCUT2D eigenvalue weighted by atomic mass is 35.5. The summed E-state index contributed by atoms with van der Waals surface area (Å²) >= 11 is 5.73. The van der Waals surface area contributed by atoms with Crippen molar-refractivity contribution in [2.75, 3.05) is 11.9 Å². The first-order chi connectivity index (χ1) is 7.66. The summed E-state index contributed by atoms with van der Waals surface area (Å²) in [7, 11) is 0. The van der Waals surface area contributed by atoms with Crippen LogP contribution >= 0.6 is 11.6 Å². The van der Waals surface area contributed by atoms with Crippen molar-refractivity contribution in [2.24, 2.45) is 5.92 Å². The van der Waals surface area contributed by atoms with E-state index in [0.29, 0.717) is 17.6 Å². The quantitative estimate of drug-likeness (QED) is 0.806. The van der Waals surface area contributed by atoms with E-state index >= 15 is 0 Å². The Morgan fingerprint density at radius 2 is 2.44 bits per heavy atom. The van der Waals surface area contributed by atoms with Gasteiger partial charge < -0.3 is 10.1 Å². The van der Waals surface area contributed by atoms with Gasteiger partial charge in [0.25, 0.3) is 0 Å². The second-order valence-corrected chi connectivity index (χ2v) is 4.19. The molecule has 1 aromatic heterocycles. The molecule has 0 radical (unpaired) electrons. The molecule has 0 spiro atoms. The van der Waals surface area contributed by atoms with Crippen molar-refractivity contribution in [1.82, 2.24) is 4.98 Å². The zero-order valence-electron chi connectivity index (χ0n) is 8.94. The average Bonchev–Trinajstić information content (AvgIpc) is 2.64. The highest BCUT2D eigenvalue weighted by Crippen LogP contribution is 2.22. The number of anilines is 1. The van der Waals surface area contributed by atoms with Gasteiger partial charge in [-0.15, -0.1) is 0 Å². The van der Waals surface area contributed by atoms with Gasteiger partial charge in [0.05, 0.1) is 12.0 Å². The van der Waals surface area contributed by atoms with Crippen LogP contribution < -0.4 is 5.32 Å². The Morgan fingerprint density at radius 3 is 3.06 bits per heavy atom. The summed E-state index contributed by atoms with van der Waals surface area (Å²) in [5, 5.41) is 3.11. The number of halogens is 1. The molecule has 2 heterocycles. The third-order valence-electron chi connectivity index (χ3n) is 2.68. The van der Waals surface area contributed by atoms with E-state index in [2.05, 4.69) is 10.3 Å². The Labute approximate surface area is 99.0 Å². The lowest BCUT2D eigenvalue weighted by Crippen LogP contribution is -2.28. The van der Waals surface area contributed by atoms with Gasteiger partial charge >= 0.3 is 0 Å². The molecular formula is C11H13ClN2O2. The normalized spacial score (nSPS) is 24.4. The number of nitrogens with zero attached hydrogens (tertiary/aromatic N) is 1. The molecular weight excluding hydrogens is 228 g/mol. The van der Waals surface area contributed by atoms with Crippen molar-refractivity contribution in [3.05, 3.63) is 23.4 Å². The van der Waals surface area contributed by atoms with E-state index in [1.165, 1.54) is 0 Å². The molecule has 1 aliphatic heterocycles. The van der Waals surface area contributed by atoms with Gasteiger partial charge in [-0.25, -0.2) is 4.98 Å². The molecule has 1 saturated heterocycles. The van der Waals surface area contributed by atoms with Gasteiger partial charge in [-0.3, -0.25) is 4.79 Å². The summed E-state index contributed by atoms with van der Waals surface area (Å²) in [5.74, 6) is 0.331. The molecule has 2 unspecified atom stereocenters. The number of amides is 1. The number of hydrogen-bond acceptors (Lipinski definition) is 3. The molecule has 0 aliphatic carbocycles. The highest BCUT2D eigenvalue weighted by molar-refractivity contribution is 6.29. The smallest absolute Gasteiger partial charge is 0.231 e. The van der Waals surface area contributed by atoms with Crippen molar-refractivity contribution < 1.29 is 9.53 Å². The van der Waals surface area contributed by atoms with Crippen LogP contribution in [0.2, 0.25) is 5.15 Å². The third-order valence-corrected chi connectivity index (χ3v) is 2.89. The van der Waals surface area contributed by atoms with Crippen LogP contribution in [0.1, 0.15) is 13.3 Å². The van der Waals surface area contributed by atoms with Crippen LogP contribution in [0, 0.1) is 5.92 Å². The van der Waals surface area contributed by atoms with E-state index in [9.17, 15) is 4.79 Å². The molecule has 1 N–H and O–H groups in total. The predicted molar refractivity (Wildman–Crippen MR) is 61.4 cm³/mol. The molecule has 5 heteroatoms. The van der Waals surface area contributed by atoms with Crippen molar-refractivity contribution >= 4 is 23.3 Å². The highest BCUT2D eigenvalue weighted by Gasteiger charge is 2.30. The fraction of sp³-hybridized carbons (Fsp3) is 0.455. The maximum absolute atomic E-state index is 11.9. The van der Waals surface area contributed by atoms with Crippen LogP contribution in [-0.2, 0) is 9.53 Å². The molecule has 2 atom stereocenters. The topological polar surface area (TPSA) is 51.2 Å². The second-order valence-electron chi connectivity index (χ2n) is 3.81. The van der Waals surface area contributed by atoms with Gasteiger partial charge in [0.15, 0.2) is 0 Å². The van der Waals surface area contributed by atoms with Crippen molar-refractivity contribution in [3.8, 4) is 0 Å². The lowest BCUT2D eigenvalue weighted by molar-refractivity contribution is -0.121. The number of nitrogens with one attached hydrogen (secondary N) is 1. The first kappa shape index (κ1) is 11.4. The van der Waals surface area contributed by atoms with Gasteiger partial charge in [0.2, 0.25) is 5.91 Å². The zero-order chi connectivity index (χ0) is 11.5. The summed E-state index contributed by atoms with van der Waals surface area (Å²) < 4.78 is 5.34. The average molecular weight is 241 g/mol. The van der Waals surface area contributed by atoms with Crippen molar-refractivity contribution in [2.45, 2.75) is 19.4 Å². The molecule has 1 aliphatic rings. The molecule has 2 rings (SSSR count). The SMILES string of the molecule is CC1OCCC1C(=O)Nc1cccc(Cl)n1. The van der Waals surface area contributed by atoms with E-state index < -0.39 is 0 Å². The standard InChI is InChI=1S/C11H13ClN2O2/c1-7-8(5-6-16-7)11(15)14-10-4-2-3-9(12)13-10/h2-4,7-8H,5-6H2,1H3,(H,13,14,15). The lowest BCUT2D eigenvalue weighted by atomic mass is 10.0. The van der Waals surface area contributed by atoms with E-state index in [-0.39, 0.29) is 17.9 Å². The molecule has 1 amide bonds. The minimum absolute atomic E-state index is 0.0285. The lowest BCUT2D eigenvalue weighted by Gasteiger charge is -2.13. The maximum Gasteiger partial charge on any atom is 0.231 e. The Morgan fingerprint density at radius 1 is 1.62 bits per heavy atom. The summed E-state index contributed by atoms with van der Waals surface area (Å²) in [5.41, 5.74) is 0. The first-order valence-corrected chi connectivity index (χ1v) is 5.59. The Hall–Kier alpha value is -1.13. The fourth-order valence-electron chi connectivity index (χ4n) is 1.77. The third kappa shape index (κ3) is 2.51. The minimum atomic E-state index is -0.0965. The molecule has 0 saturated carbocycles.